The van der Waals surface area contributed by atoms with E-state index in [2.05, 4.69) is 22.4 Å². The van der Waals surface area contributed by atoms with Gasteiger partial charge >= 0.3 is 6.18 Å². The van der Waals surface area contributed by atoms with Gasteiger partial charge in [0.1, 0.15) is 5.82 Å². The molecule has 1 N–H and O–H groups in total. The zero-order chi connectivity index (χ0) is 14.3. The van der Waals surface area contributed by atoms with Crippen LogP contribution in [-0.2, 0) is 6.18 Å². The van der Waals surface area contributed by atoms with Crippen LogP contribution < -0.4 is 5.32 Å². The molecule has 0 aromatic carbocycles. The Labute approximate surface area is 116 Å². The van der Waals surface area contributed by atoms with Gasteiger partial charge in [0.15, 0.2) is 5.69 Å². The normalized spacial score (nSPS) is 30.5. The van der Waals surface area contributed by atoms with Crippen molar-refractivity contribution >= 4 is 5.82 Å². The monoisotopic (exact) mass is 285 g/mol. The molecule has 4 unspecified atom stereocenters. The second-order valence-corrected chi connectivity index (χ2v) is 6.07. The number of fused-ring (bicyclic) bond motifs is 2. The van der Waals surface area contributed by atoms with Gasteiger partial charge in [-0.3, -0.25) is 0 Å². The smallest absolute Gasteiger partial charge is 0.366 e. The van der Waals surface area contributed by atoms with E-state index in [-0.39, 0.29) is 6.04 Å². The van der Waals surface area contributed by atoms with E-state index in [1.54, 1.807) is 0 Å². The Morgan fingerprint density at radius 2 is 2.00 bits per heavy atom. The van der Waals surface area contributed by atoms with Crippen molar-refractivity contribution in [3.05, 3.63) is 17.8 Å². The van der Waals surface area contributed by atoms with Crippen molar-refractivity contribution in [3.63, 3.8) is 0 Å². The lowest BCUT2D eigenvalue weighted by atomic mass is 9.84. The standard InChI is InChI=1S/C14H18F3N3/c1-8(11-7-9-2-3-10(11)6-9)18-13-5-4-12(19-20-13)14(15,16)17/h4-5,8-11H,2-3,6-7H2,1H3,(H,18,20). The minimum absolute atomic E-state index is 0.233. The van der Waals surface area contributed by atoms with Gasteiger partial charge in [0.25, 0.3) is 0 Å². The lowest BCUT2D eigenvalue weighted by Crippen LogP contribution is -2.30. The number of hydrogen-bond donors (Lipinski definition) is 1. The fourth-order valence-corrected chi connectivity index (χ4v) is 3.81. The molecule has 3 rings (SSSR count). The first-order chi connectivity index (χ1) is 9.43. The molecule has 0 saturated heterocycles. The molecule has 2 saturated carbocycles. The van der Waals surface area contributed by atoms with Crippen LogP contribution in [0.3, 0.4) is 0 Å². The molecule has 6 heteroatoms. The van der Waals surface area contributed by atoms with E-state index in [0.29, 0.717) is 11.7 Å². The molecule has 1 aromatic heterocycles. The topological polar surface area (TPSA) is 37.8 Å². The highest BCUT2D eigenvalue weighted by Gasteiger charge is 2.42. The van der Waals surface area contributed by atoms with Gasteiger partial charge in [-0.15, -0.1) is 10.2 Å². The third kappa shape index (κ3) is 2.60. The molecular weight excluding hydrogens is 267 g/mol. The summed E-state index contributed by atoms with van der Waals surface area (Å²) in [5.41, 5.74) is -0.948. The van der Waals surface area contributed by atoms with Crippen molar-refractivity contribution in [2.45, 2.75) is 44.8 Å². The van der Waals surface area contributed by atoms with E-state index in [1.165, 1.54) is 31.7 Å². The van der Waals surface area contributed by atoms with Gasteiger partial charge in [-0.05, 0) is 56.1 Å². The highest BCUT2D eigenvalue weighted by molar-refractivity contribution is 5.34. The van der Waals surface area contributed by atoms with Gasteiger partial charge in [0, 0.05) is 6.04 Å². The first-order valence-corrected chi connectivity index (χ1v) is 7.11. The first-order valence-electron chi connectivity index (χ1n) is 7.11. The molecule has 0 radical (unpaired) electrons. The highest BCUT2D eigenvalue weighted by Crippen LogP contribution is 2.49. The van der Waals surface area contributed by atoms with E-state index in [9.17, 15) is 13.2 Å². The first kappa shape index (κ1) is 13.6. The Morgan fingerprint density at radius 1 is 1.20 bits per heavy atom. The SMILES string of the molecule is CC(Nc1ccc(C(F)(F)F)nn1)C1CC2CCC1C2. The number of rotatable bonds is 3. The summed E-state index contributed by atoms with van der Waals surface area (Å²) in [6.45, 7) is 2.09. The fraction of sp³-hybridized carbons (Fsp3) is 0.714. The van der Waals surface area contributed by atoms with Crippen molar-refractivity contribution in [1.82, 2.24) is 10.2 Å². The number of nitrogens with one attached hydrogen (secondary N) is 1. The van der Waals surface area contributed by atoms with Crippen LogP contribution in [0.5, 0.6) is 0 Å². The number of alkyl halides is 3. The predicted molar refractivity (Wildman–Crippen MR) is 69.1 cm³/mol. The largest absolute Gasteiger partial charge is 0.435 e. The van der Waals surface area contributed by atoms with Gasteiger partial charge < -0.3 is 5.32 Å². The van der Waals surface area contributed by atoms with E-state index < -0.39 is 11.9 Å². The maximum absolute atomic E-state index is 12.4. The van der Waals surface area contributed by atoms with E-state index >= 15 is 0 Å². The van der Waals surface area contributed by atoms with Crippen LogP contribution in [0.25, 0.3) is 0 Å². The minimum atomic E-state index is -4.43. The summed E-state index contributed by atoms with van der Waals surface area (Å²) < 4.78 is 37.2. The van der Waals surface area contributed by atoms with Crippen molar-refractivity contribution in [2.75, 3.05) is 5.32 Å². The molecule has 2 aliphatic rings. The van der Waals surface area contributed by atoms with Crippen molar-refractivity contribution in [2.24, 2.45) is 17.8 Å². The second kappa shape index (κ2) is 4.90. The zero-order valence-corrected chi connectivity index (χ0v) is 11.3. The molecule has 20 heavy (non-hydrogen) atoms. The molecule has 1 aromatic rings. The summed E-state index contributed by atoms with van der Waals surface area (Å²) >= 11 is 0. The highest BCUT2D eigenvalue weighted by atomic mass is 19.4. The van der Waals surface area contributed by atoms with E-state index in [4.69, 9.17) is 0 Å². The molecule has 0 spiro atoms. The fourth-order valence-electron chi connectivity index (χ4n) is 3.81. The van der Waals surface area contributed by atoms with Crippen LogP contribution in [0.2, 0.25) is 0 Å². The zero-order valence-electron chi connectivity index (χ0n) is 11.3. The van der Waals surface area contributed by atoms with Gasteiger partial charge in [-0.25, -0.2) is 0 Å². The Kier molecular flexibility index (Phi) is 3.34. The number of anilines is 1. The van der Waals surface area contributed by atoms with Crippen molar-refractivity contribution < 1.29 is 13.2 Å². The molecule has 3 nitrogen and oxygen atoms in total. The van der Waals surface area contributed by atoms with Crippen LogP contribution in [0.4, 0.5) is 19.0 Å². The van der Waals surface area contributed by atoms with Crippen molar-refractivity contribution in [1.29, 1.82) is 0 Å². The van der Waals surface area contributed by atoms with Crippen LogP contribution in [0.15, 0.2) is 12.1 Å². The molecule has 2 bridgehead atoms. The third-order valence-corrected chi connectivity index (χ3v) is 4.77. The maximum Gasteiger partial charge on any atom is 0.435 e. The minimum Gasteiger partial charge on any atom is -0.366 e. The van der Waals surface area contributed by atoms with E-state index in [1.807, 2.05) is 0 Å². The van der Waals surface area contributed by atoms with Crippen LogP contribution in [0.1, 0.15) is 38.3 Å². The average molecular weight is 285 g/mol. The second-order valence-electron chi connectivity index (χ2n) is 6.07. The summed E-state index contributed by atoms with van der Waals surface area (Å²) in [7, 11) is 0. The summed E-state index contributed by atoms with van der Waals surface area (Å²) in [6, 6.07) is 2.57. The molecule has 0 aliphatic heterocycles. The number of aromatic nitrogens is 2. The lowest BCUT2D eigenvalue weighted by Gasteiger charge is -2.28. The molecule has 4 atom stereocenters. The van der Waals surface area contributed by atoms with Gasteiger partial charge in [-0.2, -0.15) is 13.2 Å². The summed E-state index contributed by atoms with van der Waals surface area (Å²) in [5.74, 6) is 2.66. The Hall–Kier alpha value is -1.33. The molecular formula is C14H18F3N3. The van der Waals surface area contributed by atoms with Crippen LogP contribution in [-0.4, -0.2) is 16.2 Å². The van der Waals surface area contributed by atoms with Crippen LogP contribution >= 0.6 is 0 Å². The van der Waals surface area contributed by atoms with Gasteiger partial charge in [-0.1, -0.05) is 6.42 Å². The number of hydrogen-bond acceptors (Lipinski definition) is 3. The summed E-state index contributed by atoms with van der Waals surface area (Å²) in [5, 5.41) is 10.1. The predicted octanol–water partition coefficient (Wildman–Crippen LogP) is 3.73. The molecule has 110 valence electrons. The maximum atomic E-state index is 12.4. The lowest BCUT2D eigenvalue weighted by molar-refractivity contribution is -0.141. The van der Waals surface area contributed by atoms with Crippen molar-refractivity contribution in [3.8, 4) is 0 Å². The average Bonchev–Trinajstić information content (AvgIpc) is 3.00. The summed E-state index contributed by atoms with van der Waals surface area (Å²) in [6.07, 6.45) is 0.748. The Morgan fingerprint density at radius 3 is 2.50 bits per heavy atom. The van der Waals surface area contributed by atoms with Crippen LogP contribution in [0, 0.1) is 17.8 Å². The molecule has 2 fully saturated rings. The number of halogens is 3. The number of nitrogens with zero attached hydrogens (tertiary/aromatic N) is 2. The quantitative estimate of drug-likeness (QED) is 0.919. The Balaban J connectivity index is 1.63. The molecule has 0 amide bonds. The van der Waals surface area contributed by atoms with E-state index in [0.717, 1.165) is 17.9 Å². The van der Waals surface area contributed by atoms with Gasteiger partial charge in [0.05, 0.1) is 0 Å². The third-order valence-electron chi connectivity index (χ3n) is 4.77. The van der Waals surface area contributed by atoms with Gasteiger partial charge in [0.2, 0.25) is 0 Å². The molecule has 1 heterocycles. The Bertz CT molecular complexity index is 472. The summed E-state index contributed by atoms with van der Waals surface area (Å²) in [4.78, 5) is 0. The molecule has 2 aliphatic carbocycles.